The molecule has 0 aliphatic rings. The molecular formula is C22H28BrN3O2. The number of benzene rings is 2. The summed E-state index contributed by atoms with van der Waals surface area (Å²) in [5.74, 6) is -0.251. The van der Waals surface area contributed by atoms with Crippen LogP contribution in [0.1, 0.15) is 41.8 Å². The Morgan fingerprint density at radius 1 is 0.929 bits per heavy atom. The molecule has 0 saturated carbocycles. The first-order chi connectivity index (χ1) is 13.5. The van der Waals surface area contributed by atoms with E-state index in [1.165, 1.54) is 5.56 Å². The van der Waals surface area contributed by atoms with Gasteiger partial charge in [-0.05, 0) is 48.5 Å². The molecule has 2 aromatic rings. The fraction of sp³-hybridized carbons (Fsp3) is 0.364. The van der Waals surface area contributed by atoms with Crippen molar-refractivity contribution >= 4 is 27.7 Å². The molecule has 0 aliphatic carbocycles. The predicted molar refractivity (Wildman–Crippen MR) is 116 cm³/mol. The highest BCUT2D eigenvalue weighted by Gasteiger charge is 2.09. The first-order valence-corrected chi connectivity index (χ1v) is 10.4. The maximum atomic E-state index is 12.1. The Labute approximate surface area is 175 Å². The molecule has 5 nitrogen and oxygen atoms in total. The Hall–Kier alpha value is -2.18. The van der Waals surface area contributed by atoms with Crippen molar-refractivity contribution in [2.24, 2.45) is 0 Å². The summed E-state index contributed by atoms with van der Waals surface area (Å²) in [6.07, 6.45) is 0.250. The summed E-state index contributed by atoms with van der Waals surface area (Å²) in [6, 6.07) is 15.3. The van der Waals surface area contributed by atoms with Crippen LogP contribution in [0.3, 0.4) is 0 Å². The number of amides is 2. The van der Waals surface area contributed by atoms with Gasteiger partial charge in [-0.3, -0.25) is 14.5 Å². The number of nitrogens with zero attached hydrogens (tertiary/aromatic N) is 1. The van der Waals surface area contributed by atoms with Gasteiger partial charge in [-0.15, -0.1) is 0 Å². The summed E-state index contributed by atoms with van der Waals surface area (Å²) >= 11 is 3.34. The highest BCUT2D eigenvalue weighted by atomic mass is 79.9. The minimum absolute atomic E-state index is 0.0752. The molecule has 6 heteroatoms. The molecule has 0 aromatic heterocycles. The van der Waals surface area contributed by atoms with Gasteiger partial charge in [0.25, 0.3) is 5.91 Å². The predicted octanol–water partition coefficient (Wildman–Crippen LogP) is 3.73. The Balaban J connectivity index is 1.78. The molecule has 2 aromatic carbocycles. The van der Waals surface area contributed by atoms with E-state index >= 15 is 0 Å². The maximum absolute atomic E-state index is 12.1. The van der Waals surface area contributed by atoms with Crippen LogP contribution in [0.2, 0.25) is 0 Å². The summed E-state index contributed by atoms with van der Waals surface area (Å²) in [6.45, 7) is 7.97. The molecule has 28 heavy (non-hydrogen) atoms. The van der Waals surface area contributed by atoms with Crippen molar-refractivity contribution in [2.75, 3.05) is 19.6 Å². The molecule has 2 N–H and O–H groups in total. The lowest BCUT2D eigenvalue weighted by Crippen LogP contribution is -2.31. The number of hydrogen-bond acceptors (Lipinski definition) is 3. The highest BCUT2D eigenvalue weighted by Crippen LogP contribution is 2.12. The summed E-state index contributed by atoms with van der Waals surface area (Å²) in [4.78, 5) is 26.5. The van der Waals surface area contributed by atoms with Crippen LogP contribution < -0.4 is 10.6 Å². The van der Waals surface area contributed by atoms with E-state index in [0.717, 1.165) is 29.7 Å². The smallest absolute Gasteiger partial charge is 0.251 e. The van der Waals surface area contributed by atoms with Crippen LogP contribution in [0.25, 0.3) is 0 Å². The lowest BCUT2D eigenvalue weighted by atomic mass is 10.1. The van der Waals surface area contributed by atoms with E-state index in [1.54, 1.807) is 12.1 Å². The van der Waals surface area contributed by atoms with Crippen molar-refractivity contribution in [2.45, 2.75) is 33.4 Å². The minimum atomic E-state index is -0.176. The van der Waals surface area contributed by atoms with Crippen molar-refractivity contribution in [1.29, 1.82) is 0 Å². The van der Waals surface area contributed by atoms with Gasteiger partial charge < -0.3 is 10.6 Å². The van der Waals surface area contributed by atoms with Crippen molar-refractivity contribution in [3.05, 3.63) is 69.7 Å². The Bertz CT molecular complexity index is 774. The zero-order chi connectivity index (χ0) is 20.4. The summed E-state index contributed by atoms with van der Waals surface area (Å²) < 4.78 is 0.921. The molecular weight excluding hydrogens is 418 g/mol. The SMILES string of the molecule is CCN(CC)Cc1ccccc1CNC(=O)CCNC(=O)c1ccc(Br)cc1. The van der Waals surface area contributed by atoms with Crippen LogP contribution in [-0.2, 0) is 17.9 Å². The molecule has 0 radical (unpaired) electrons. The third-order valence-corrected chi connectivity index (χ3v) is 5.16. The topological polar surface area (TPSA) is 61.4 Å². The maximum Gasteiger partial charge on any atom is 0.251 e. The minimum Gasteiger partial charge on any atom is -0.352 e. The fourth-order valence-corrected chi connectivity index (χ4v) is 3.11. The van der Waals surface area contributed by atoms with Gasteiger partial charge in [0.1, 0.15) is 0 Å². The van der Waals surface area contributed by atoms with E-state index in [9.17, 15) is 9.59 Å². The van der Waals surface area contributed by atoms with E-state index in [0.29, 0.717) is 18.7 Å². The van der Waals surface area contributed by atoms with E-state index in [2.05, 4.69) is 57.4 Å². The molecule has 0 aliphatic heterocycles. The molecule has 0 spiro atoms. The quantitative estimate of drug-likeness (QED) is 0.585. The molecule has 2 rings (SSSR count). The number of carbonyl (C=O) groups is 2. The average molecular weight is 446 g/mol. The summed E-state index contributed by atoms with van der Waals surface area (Å²) in [5.41, 5.74) is 2.94. The van der Waals surface area contributed by atoms with Crippen molar-refractivity contribution in [3.63, 3.8) is 0 Å². The fourth-order valence-electron chi connectivity index (χ4n) is 2.85. The standard InChI is InChI=1S/C22H28BrN3O2/c1-3-26(4-2)16-19-8-6-5-7-18(19)15-25-21(27)13-14-24-22(28)17-9-11-20(23)12-10-17/h5-12H,3-4,13-16H2,1-2H3,(H,24,28)(H,25,27). The second kappa shape index (κ2) is 11.6. The molecule has 0 atom stereocenters. The first-order valence-electron chi connectivity index (χ1n) is 9.63. The number of rotatable bonds is 10. The van der Waals surface area contributed by atoms with Gasteiger partial charge in [0.15, 0.2) is 0 Å². The molecule has 0 bridgehead atoms. The van der Waals surface area contributed by atoms with E-state index < -0.39 is 0 Å². The van der Waals surface area contributed by atoms with Gasteiger partial charge in [-0.2, -0.15) is 0 Å². The summed E-state index contributed by atoms with van der Waals surface area (Å²) in [5, 5.41) is 5.73. The normalized spacial score (nSPS) is 10.7. The zero-order valence-electron chi connectivity index (χ0n) is 16.5. The summed E-state index contributed by atoms with van der Waals surface area (Å²) in [7, 11) is 0. The number of carbonyl (C=O) groups excluding carboxylic acids is 2. The van der Waals surface area contributed by atoms with Gasteiger partial charge in [-0.25, -0.2) is 0 Å². The average Bonchev–Trinajstić information content (AvgIpc) is 2.71. The molecule has 0 saturated heterocycles. The van der Waals surface area contributed by atoms with Gasteiger partial charge >= 0.3 is 0 Å². The molecule has 0 fully saturated rings. The Morgan fingerprint density at radius 3 is 2.21 bits per heavy atom. The van der Waals surface area contributed by atoms with Crippen LogP contribution in [-0.4, -0.2) is 36.3 Å². The Morgan fingerprint density at radius 2 is 1.57 bits per heavy atom. The van der Waals surface area contributed by atoms with E-state index in [1.807, 2.05) is 24.3 Å². The van der Waals surface area contributed by atoms with Crippen molar-refractivity contribution < 1.29 is 9.59 Å². The van der Waals surface area contributed by atoms with Crippen molar-refractivity contribution in [1.82, 2.24) is 15.5 Å². The van der Waals surface area contributed by atoms with E-state index in [4.69, 9.17) is 0 Å². The second-order valence-corrected chi connectivity index (χ2v) is 7.44. The van der Waals surface area contributed by atoms with Crippen LogP contribution in [0.4, 0.5) is 0 Å². The van der Waals surface area contributed by atoms with Crippen LogP contribution in [0.5, 0.6) is 0 Å². The molecule has 0 unspecified atom stereocenters. The van der Waals surface area contributed by atoms with Crippen molar-refractivity contribution in [3.8, 4) is 0 Å². The van der Waals surface area contributed by atoms with E-state index in [-0.39, 0.29) is 18.2 Å². The number of halogens is 1. The number of hydrogen-bond donors (Lipinski definition) is 2. The highest BCUT2D eigenvalue weighted by molar-refractivity contribution is 9.10. The molecule has 2 amide bonds. The third kappa shape index (κ3) is 7.09. The second-order valence-electron chi connectivity index (χ2n) is 6.52. The van der Waals surface area contributed by atoms with Gasteiger partial charge in [-0.1, -0.05) is 54.0 Å². The third-order valence-electron chi connectivity index (χ3n) is 4.63. The lowest BCUT2D eigenvalue weighted by Gasteiger charge is -2.20. The van der Waals surface area contributed by atoms with Gasteiger partial charge in [0.05, 0.1) is 0 Å². The van der Waals surface area contributed by atoms with Gasteiger partial charge in [0.2, 0.25) is 5.91 Å². The molecule has 150 valence electrons. The molecule has 0 heterocycles. The largest absolute Gasteiger partial charge is 0.352 e. The number of nitrogens with one attached hydrogen (secondary N) is 2. The zero-order valence-corrected chi connectivity index (χ0v) is 18.1. The lowest BCUT2D eigenvalue weighted by molar-refractivity contribution is -0.121. The van der Waals surface area contributed by atoms with Crippen LogP contribution in [0, 0.1) is 0 Å². The van der Waals surface area contributed by atoms with Gasteiger partial charge in [0, 0.05) is 36.1 Å². The van der Waals surface area contributed by atoms with Crippen LogP contribution in [0.15, 0.2) is 53.0 Å². The van der Waals surface area contributed by atoms with Crippen LogP contribution >= 0.6 is 15.9 Å². The Kier molecular flexibility index (Phi) is 9.17. The monoisotopic (exact) mass is 445 g/mol. The first kappa shape index (κ1) is 22.1.